The molecule has 130 valence electrons. The molecule has 7 nitrogen and oxygen atoms in total. The molecule has 0 aliphatic heterocycles. The van der Waals surface area contributed by atoms with Crippen LogP contribution in [0.4, 0.5) is 0 Å². The number of carbonyl (C=O) groups is 1. The Bertz CT molecular complexity index is 709. The molecule has 1 amide bonds. The van der Waals surface area contributed by atoms with E-state index >= 15 is 0 Å². The van der Waals surface area contributed by atoms with Gasteiger partial charge in [-0.15, -0.1) is 5.10 Å². The fraction of sp³-hybridized carbons (Fsp3) is 0.438. The van der Waals surface area contributed by atoms with Crippen LogP contribution in [0.5, 0.6) is 0 Å². The summed E-state index contributed by atoms with van der Waals surface area (Å²) in [7, 11) is 1.62. The van der Waals surface area contributed by atoms with E-state index in [4.69, 9.17) is 4.74 Å². The number of amides is 1. The van der Waals surface area contributed by atoms with Crippen molar-refractivity contribution in [3.63, 3.8) is 0 Å². The standard InChI is InChI=1S/C16H22N4O3S/c1-12-4-6-13(7-5-12)10-17-14(21)11-24-16-19-18-15(22)20(16)8-3-9-23-2/h4-7H,3,8-11H2,1-2H3,(H,17,21)(H,18,22). The number of aryl methyl sites for hydroxylation is 1. The van der Waals surface area contributed by atoms with Crippen molar-refractivity contribution >= 4 is 17.7 Å². The Kier molecular flexibility index (Phi) is 7.07. The lowest BCUT2D eigenvalue weighted by atomic mass is 10.1. The van der Waals surface area contributed by atoms with Crippen LogP contribution >= 0.6 is 11.8 Å². The minimum Gasteiger partial charge on any atom is -0.385 e. The molecular weight excluding hydrogens is 328 g/mol. The molecule has 2 N–H and O–H groups in total. The molecule has 0 fully saturated rings. The number of carbonyl (C=O) groups excluding carboxylic acids is 1. The molecule has 2 rings (SSSR count). The number of hydrogen-bond acceptors (Lipinski definition) is 5. The molecule has 0 aliphatic carbocycles. The Morgan fingerprint density at radius 2 is 2.12 bits per heavy atom. The van der Waals surface area contributed by atoms with E-state index in [1.54, 1.807) is 7.11 Å². The van der Waals surface area contributed by atoms with E-state index < -0.39 is 0 Å². The van der Waals surface area contributed by atoms with Gasteiger partial charge in [0.1, 0.15) is 0 Å². The Hall–Kier alpha value is -2.06. The lowest BCUT2D eigenvalue weighted by molar-refractivity contribution is -0.118. The van der Waals surface area contributed by atoms with Crippen LogP contribution in [0.25, 0.3) is 0 Å². The largest absolute Gasteiger partial charge is 0.385 e. The van der Waals surface area contributed by atoms with Gasteiger partial charge in [-0.3, -0.25) is 9.36 Å². The zero-order valence-corrected chi connectivity index (χ0v) is 14.7. The molecule has 8 heteroatoms. The number of methoxy groups -OCH3 is 1. The van der Waals surface area contributed by atoms with Gasteiger partial charge in [-0.25, -0.2) is 9.89 Å². The fourth-order valence-electron chi connectivity index (χ4n) is 2.07. The zero-order chi connectivity index (χ0) is 17.4. The summed E-state index contributed by atoms with van der Waals surface area (Å²) >= 11 is 1.24. The third-order valence-electron chi connectivity index (χ3n) is 3.40. The van der Waals surface area contributed by atoms with Crippen LogP contribution in [-0.4, -0.2) is 40.1 Å². The summed E-state index contributed by atoms with van der Waals surface area (Å²) in [5, 5.41) is 9.75. The molecular formula is C16H22N4O3S. The van der Waals surface area contributed by atoms with Crippen molar-refractivity contribution in [2.45, 2.75) is 31.6 Å². The van der Waals surface area contributed by atoms with Crippen molar-refractivity contribution in [1.82, 2.24) is 20.1 Å². The molecule has 1 aromatic carbocycles. The maximum absolute atomic E-state index is 12.0. The van der Waals surface area contributed by atoms with Gasteiger partial charge in [-0.1, -0.05) is 41.6 Å². The molecule has 24 heavy (non-hydrogen) atoms. The monoisotopic (exact) mass is 350 g/mol. The first kappa shape index (κ1) is 18.3. The summed E-state index contributed by atoms with van der Waals surface area (Å²) in [6.07, 6.45) is 0.711. The Morgan fingerprint density at radius 1 is 1.38 bits per heavy atom. The van der Waals surface area contributed by atoms with E-state index in [9.17, 15) is 9.59 Å². The van der Waals surface area contributed by atoms with Crippen molar-refractivity contribution < 1.29 is 9.53 Å². The van der Waals surface area contributed by atoms with Crippen LogP contribution < -0.4 is 11.0 Å². The summed E-state index contributed by atoms with van der Waals surface area (Å²) in [5.41, 5.74) is 1.97. The Labute approximate surface area is 144 Å². The number of nitrogens with zero attached hydrogens (tertiary/aromatic N) is 2. The van der Waals surface area contributed by atoms with Crippen LogP contribution in [0.2, 0.25) is 0 Å². The fourth-order valence-corrected chi connectivity index (χ4v) is 2.87. The zero-order valence-electron chi connectivity index (χ0n) is 13.9. The molecule has 0 aliphatic rings. The average Bonchev–Trinajstić information content (AvgIpc) is 2.93. The topological polar surface area (TPSA) is 89.0 Å². The first-order valence-electron chi connectivity index (χ1n) is 7.69. The number of benzene rings is 1. The maximum Gasteiger partial charge on any atom is 0.343 e. The summed E-state index contributed by atoms with van der Waals surface area (Å²) < 4.78 is 6.51. The van der Waals surface area contributed by atoms with Crippen molar-refractivity contribution in [3.8, 4) is 0 Å². The van der Waals surface area contributed by atoms with E-state index in [-0.39, 0.29) is 17.3 Å². The summed E-state index contributed by atoms with van der Waals surface area (Å²) in [6.45, 7) is 3.59. The number of aromatic amines is 1. The van der Waals surface area contributed by atoms with E-state index in [2.05, 4.69) is 15.5 Å². The van der Waals surface area contributed by atoms with Gasteiger partial charge in [-0.2, -0.15) is 0 Å². The van der Waals surface area contributed by atoms with Gasteiger partial charge < -0.3 is 10.1 Å². The van der Waals surface area contributed by atoms with Crippen LogP contribution in [0.15, 0.2) is 34.2 Å². The molecule has 0 radical (unpaired) electrons. The molecule has 0 saturated carbocycles. The minimum atomic E-state index is -0.270. The number of H-pyrrole nitrogens is 1. The van der Waals surface area contributed by atoms with Gasteiger partial charge in [0.2, 0.25) is 5.91 Å². The van der Waals surface area contributed by atoms with Gasteiger partial charge in [0.15, 0.2) is 5.16 Å². The van der Waals surface area contributed by atoms with Crippen molar-refractivity contribution in [2.75, 3.05) is 19.5 Å². The molecule has 1 aromatic heterocycles. The number of aromatic nitrogens is 3. The highest BCUT2D eigenvalue weighted by Gasteiger charge is 2.11. The van der Waals surface area contributed by atoms with Crippen LogP contribution in [0.3, 0.4) is 0 Å². The van der Waals surface area contributed by atoms with E-state index in [0.29, 0.717) is 31.3 Å². The van der Waals surface area contributed by atoms with Crippen molar-refractivity contribution in [2.24, 2.45) is 0 Å². The van der Waals surface area contributed by atoms with E-state index in [1.165, 1.54) is 21.9 Å². The molecule has 0 bridgehead atoms. The average molecular weight is 350 g/mol. The third kappa shape index (κ3) is 5.54. The van der Waals surface area contributed by atoms with Crippen LogP contribution in [-0.2, 0) is 22.6 Å². The molecule has 0 spiro atoms. The predicted molar refractivity (Wildman–Crippen MR) is 93.1 cm³/mol. The summed E-state index contributed by atoms with van der Waals surface area (Å²) in [6, 6.07) is 8.01. The molecule has 0 unspecified atom stereocenters. The molecule has 0 atom stereocenters. The van der Waals surface area contributed by atoms with Gasteiger partial charge >= 0.3 is 5.69 Å². The predicted octanol–water partition coefficient (Wildman–Crippen LogP) is 1.32. The summed E-state index contributed by atoms with van der Waals surface area (Å²) in [5.74, 6) is 0.111. The lowest BCUT2D eigenvalue weighted by Gasteiger charge is -2.07. The number of rotatable bonds is 9. The third-order valence-corrected chi connectivity index (χ3v) is 4.37. The maximum atomic E-state index is 12.0. The van der Waals surface area contributed by atoms with E-state index in [1.807, 2.05) is 31.2 Å². The quantitative estimate of drug-likeness (QED) is 0.526. The van der Waals surface area contributed by atoms with Crippen molar-refractivity contribution in [1.29, 1.82) is 0 Å². The van der Waals surface area contributed by atoms with Gasteiger partial charge in [0.05, 0.1) is 5.75 Å². The second-order valence-electron chi connectivity index (χ2n) is 5.36. The molecule has 2 aromatic rings. The highest BCUT2D eigenvalue weighted by atomic mass is 32.2. The molecule has 1 heterocycles. The smallest absolute Gasteiger partial charge is 0.343 e. The Balaban J connectivity index is 1.81. The lowest BCUT2D eigenvalue weighted by Crippen LogP contribution is -2.25. The first-order chi connectivity index (χ1) is 11.6. The van der Waals surface area contributed by atoms with E-state index in [0.717, 1.165) is 5.56 Å². The van der Waals surface area contributed by atoms with Crippen molar-refractivity contribution in [3.05, 3.63) is 45.9 Å². The highest BCUT2D eigenvalue weighted by molar-refractivity contribution is 7.99. The second-order valence-corrected chi connectivity index (χ2v) is 6.30. The Morgan fingerprint density at radius 3 is 2.83 bits per heavy atom. The second kappa shape index (κ2) is 9.29. The number of ether oxygens (including phenoxy) is 1. The number of hydrogen-bond donors (Lipinski definition) is 2. The number of nitrogens with one attached hydrogen (secondary N) is 2. The molecule has 0 saturated heterocycles. The van der Waals surface area contributed by atoms with Crippen LogP contribution in [0, 0.1) is 6.92 Å². The SMILES string of the molecule is COCCCn1c(SCC(=O)NCc2ccc(C)cc2)n[nH]c1=O. The minimum absolute atomic E-state index is 0.0977. The normalized spacial score (nSPS) is 10.8. The first-order valence-corrected chi connectivity index (χ1v) is 8.68. The van der Waals surface area contributed by atoms with Gasteiger partial charge in [0, 0.05) is 26.8 Å². The van der Waals surface area contributed by atoms with Gasteiger partial charge in [0.25, 0.3) is 0 Å². The van der Waals surface area contributed by atoms with Crippen LogP contribution in [0.1, 0.15) is 17.5 Å². The highest BCUT2D eigenvalue weighted by Crippen LogP contribution is 2.13. The number of thioether (sulfide) groups is 1. The van der Waals surface area contributed by atoms with Gasteiger partial charge in [-0.05, 0) is 18.9 Å². The summed E-state index contributed by atoms with van der Waals surface area (Å²) in [4.78, 5) is 23.7.